The first-order valence-corrected chi connectivity index (χ1v) is 10.5. The Kier molecular flexibility index (Phi) is 5.79. The number of hydrogen-bond donors (Lipinski definition) is 0. The number of unbranched alkanes of at least 4 members (excludes halogenated alkanes) is 1. The average Bonchev–Trinajstić information content (AvgIpc) is 2.61. The van der Waals surface area contributed by atoms with Crippen molar-refractivity contribution in [2.75, 3.05) is 19.7 Å². The monoisotopic (exact) mass is 391 g/mol. The summed E-state index contributed by atoms with van der Waals surface area (Å²) in [4.78, 5) is 14.1. The molecule has 5 nitrogen and oxygen atoms in total. The van der Waals surface area contributed by atoms with Gasteiger partial charge < -0.3 is 9.64 Å². The molecule has 3 rings (SSSR count). The molecule has 7 heteroatoms. The summed E-state index contributed by atoms with van der Waals surface area (Å²) in [5.41, 5.74) is 0.496. The average molecular weight is 391 g/mol. The Morgan fingerprint density at radius 3 is 2.33 bits per heavy atom. The van der Waals surface area contributed by atoms with Crippen LogP contribution in [0.15, 0.2) is 53.4 Å². The Bertz CT molecular complexity index is 889. The van der Waals surface area contributed by atoms with E-state index >= 15 is 0 Å². The lowest BCUT2D eigenvalue weighted by Gasteiger charge is -2.38. The number of halogens is 1. The molecule has 0 radical (unpaired) electrons. The molecule has 1 aliphatic heterocycles. The molecule has 2 aromatic carbocycles. The van der Waals surface area contributed by atoms with Gasteiger partial charge in [0.05, 0.1) is 11.5 Å². The van der Waals surface area contributed by atoms with Crippen molar-refractivity contribution in [3.63, 3.8) is 0 Å². The minimum absolute atomic E-state index is 0.0783. The number of sulfone groups is 1. The predicted molar refractivity (Wildman–Crippen MR) is 100 cm³/mol. The topological polar surface area (TPSA) is 63.7 Å². The molecule has 0 saturated carbocycles. The number of amides is 1. The molecule has 0 bridgehead atoms. The molecule has 1 heterocycles. The standard InChI is InChI=1S/C20H22FNO4S/c1-2-3-12-26-17-8-4-15(5-9-17)20(23)22-13-19(14-22)27(24,25)18-10-6-16(21)7-11-18/h4-11,19H,2-3,12-14H2,1H3. The first-order valence-electron chi connectivity index (χ1n) is 8.93. The minimum atomic E-state index is -3.57. The zero-order chi connectivity index (χ0) is 19.4. The van der Waals surface area contributed by atoms with Crippen molar-refractivity contribution in [2.24, 2.45) is 0 Å². The maximum absolute atomic E-state index is 13.0. The second-order valence-electron chi connectivity index (χ2n) is 6.56. The third-order valence-electron chi connectivity index (χ3n) is 4.58. The van der Waals surface area contributed by atoms with Crippen molar-refractivity contribution in [2.45, 2.75) is 29.9 Å². The van der Waals surface area contributed by atoms with Crippen LogP contribution in [-0.2, 0) is 9.84 Å². The second kappa shape index (κ2) is 8.08. The quantitative estimate of drug-likeness (QED) is 0.537. The Morgan fingerprint density at radius 1 is 1.11 bits per heavy atom. The molecule has 144 valence electrons. The van der Waals surface area contributed by atoms with Gasteiger partial charge in [-0.3, -0.25) is 4.79 Å². The van der Waals surface area contributed by atoms with Crippen LogP contribution in [0.25, 0.3) is 0 Å². The number of nitrogens with zero attached hydrogens (tertiary/aromatic N) is 1. The molecule has 27 heavy (non-hydrogen) atoms. The molecule has 1 aliphatic rings. The van der Waals surface area contributed by atoms with Crippen LogP contribution < -0.4 is 4.74 Å². The van der Waals surface area contributed by atoms with Crippen LogP contribution in [0.1, 0.15) is 30.1 Å². The van der Waals surface area contributed by atoms with Crippen molar-refractivity contribution in [3.8, 4) is 5.75 Å². The summed E-state index contributed by atoms with van der Waals surface area (Å²) in [7, 11) is -3.57. The maximum atomic E-state index is 13.0. The highest BCUT2D eigenvalue weighted by Crippen LogP contribution is 2.25. The summed E-state index contributed by atoms with van der Waals surface area (Å²) in [6.45, 7) is 2.99. The lowest BCUT2D eigenvalue weighted by Crippen LogP contribution is -2.56. The Morgan fingerprint density at radius 2 is 1.74 bits per heavy atom. The van der Waals surface area contributed by atoms with Gasteiger partial charge >= 0.3 is 0 Å². The Hall–Kier alpha value is -2.41. The number of rotatable bonds is 7. The fraction of sp³-hybridized carbons (Fsp3) is 0.350. The van der Waals surface area contributed by atoms with Crippen molar-refractivity contribution in [1.29, 1.82) is 0 Å². The summed E-state index contributed by atoms with van der Waals surface area (Å²) in [5, 5.41) is -0.663. The zero-order valence-corrected chi connectivity index (χ0v) is 15.9. The summed E-state index contributed by atoms with van der Waals surface area (Å²) in [6.07, 6.45) is 2.02. The van der Waals surface area contributed by atoms with E-state index in [0.29, 0.717) is 17.9 Å². The number of ether oxygens (including phenoxy) is 1. The van der Waals surface area contributed by atoms with E-state index in [0.717, 1.165) is 25.0 Å². The summed E-state index contributed by atoms with van der Waals surface area (Å²) in [5.74, 6) is 0.0162. The molecule has 2 aromatic rings. The molecule has 0 unspecified atom stereocenters. The first kappa shape index (κ1) is 19.4. The van der Waals surface area contributed by atoms with Crippen molar-refractivity contribution in [3.05, 3.63) is 59.9 Å². The minimum Gasteiger partial charge on any atom is -0.494 e. The predicted octanol–water partition coefficient (Wildman–Crippen LogP) is 3.30. The van der Waals surface area contributed by atoms with Gasteiger partial charge in [-0.25, -0.2) is 12.8 Å². The molecule has 1 saturated heterocycles. The van der Waals surface area contributed by atoms with Gasteiger partial charge in [0, 0.05) is 18.7 Å². The molecule has 0 aliphatic carbocycles. The van der Waals surface area contributed by atoms with E-state index in [1.54, 1.807) is 24.3 Å². The van der Waals surface area contributed by atoms with Crippen molar-refractivity contribution in [1.82, 2.24) is 4.90 Å². The summed E-state index contributed by atoms with van der Waals surface area (Å²) >= 11 is 0. The molecule has 1 amide bonds. The number of benzene rings is 2. The highest BCUT2D eigenvalue weighted by Gasteiger charge is 2.40. The van der Waals surface area contributed by atoms with Gasteiger partial charge in [-0.1, -0.05) is 13.3 Å². The van der Waals surface area contributed by atoms with Crippen LogP contribution in [0.4, 0.5) is 4.39 Å². The molecular formula is C20H22FNO4S. The van der Waals surface area contributed by atoms with Crippen LogP contribution in [0.3, 0.4) is 0 Å². The van der Waals surface area contributed by atoms with E-state index in [1.165, 1.54) is 17.0 Å². The maximum Gasteiger partial charge on any atom is 0.253 e. The molecule has 0 N–H and O–H groups in total. The zero-order valence-electron chi connectivity index (χ0n) is 15.1. The summed E-state index contributed by atoms with van der Waals surface area (Å²) in [6, 6.07) is 11.6. The summed E-state index contributed by atoms with van der Waals surface area (Å²) < 4.78 is 43.6. The molecule has 1 fully saturated rings. The van der Waals surface area contributed by atoms with E-state index in [4.69, 9.17) is 4.74 Å². The van der Waals surface area contributed by atoms with E-state index in [-0.39, 0.29) is 23.9 Å². The number of hydrogen-bond acceptors (Lipinski definition) is 4. The van der Waals surface area contributed by atoms with Crippen LogP contribution in [0, 0.1) is 5.82 Å². The van der Waals surface area contributed by atoms with E-state index < -0.39 is 20.9 Å². The molecular weight excluding hydrogens is 369 g/mol. The van der Waals surface area contributed by atoms with Crippen LogP contribution in [0.5, 0.6) is 5.75 Å². The van der Waals surface area contributed by atoms with Crippen LogP contribution in [0.2, 0.25) is 0 Å². The van der Waals surface area contributed by atoms with Gasteiger partial charge in [0.15, 0.2) is 9.84 Å². The van der Waals surface area contributed by atoms with Gasteiger partial charge in [0.2, 0.25) is 0 Å². The van der Waals surface area contributed by atoms with Gasteiger partial charge in [0.1, 0.15) is 16.8 Å². The van der Waals surface area contributed by atoms with E-state index in [2.05, 4.69) is 6.92 Å². The van der Waals surface area contributed by atoms with Gasteiger partial charge in [0.25, 0.3) is 5.91 Å². The molecule has 0 aromatic heterocycles. The highest BCUT2D eigenvalue weighted by molar-refractivity contribution is 7.92. The molecule has 0 atom stereocenters. The van der Waals surface area contributed by atoms with Gasteiger partial charge in [-0.2, -0.15) is 0 Å². The third kappa shape index (κ3) is 4.30. The number of carbonyl (C=O) groups is 1. The van der Waals surface area contributed by atoms with E-state index in [1.807, 2.05) is 0 Å². The van der Waals surface area contributed by atoms with E-state index in [9.17, 15) is 17.6 Å². The number of carbonyl (C=O) groups excluding carboxylic acids is 1. The van der Waals surface area contributed by atoms with Crippen LogP contribution in [-0.4, -0.2) is 44.2 Å². The SMILES string of the molecule is CCCCOc1ccc(C(=O)N2CC(S(=O)(=O)c3ccc(F)cc3)C2)cc1. The van der Waals surface area contributed by atoms with Crippen molar-refractivity contribution < 1.29 is 22.3 Å². The lowest BCUT2D eigenvalue weighted by atomic mass is 10.1. The third-order valence-corrected chi connectivity index (χ3v) is 6.69. The fourth-order valence-electron chi connectivity index (χ4n) is 2.83. The normalized spacial score (nSPS) is 14.7. The smallest absolute Gasteiger partial charge is 0.253 e. The first-order chi connectivity index (χ1) is 12.9. The number of likely N-dealkylation sites (tertiary alicyclic amines) is 1. The largest absolute Gasteiger partial charge is 0.494 e. The van der Waals surface area contributed by atoms with Crippen molar-refractivity contribution >= 4 is 15.7 Å². The fourth-order valence-corrected chi connectivity index (χ4v) is 4.48. The Labute approximate surface area is 158 Å². The van der Waals surface area contributed by atoms with Gasteiger partial charge in [-0.15, -0.1) is 0 Å². The second-order valence-corrected chi connectivity index (χ2v) is 8.79. The molecule has 0 spiro atoms. The lowest BCUT2D eigenvalue weighted by molar-refractivity contribution is 0.0659. The van der Waals surface area contributed by atoms with Crippen LogP contribution >= 0.6 is 0 Å². The highest BCUT2D eigenvalue weighted by atomic mass is 32.2. The van der Waals surface area contributed by atoms with Gasteiger partial charge in [-0.05, 0) is 55.0 Å². The Balaban J connectivity index is 1.58.